The first-order valence-corrected chi connectivity index (χ1v) is 6.96. The molecule has 1 aromatic rings. The van der Waals surface area contributed by atoms with Crippen molar-refractivity contribution in [3.63, 3.8) is 0 Å². The van der Waals surface area contributed by atoms with Crippen LogP contribution in [0, 0.1) is 6.92 Å². The molecule has 1 aliphatic heterocycles. The summed E-state index contributed by atoms with van der Waals surface area (Å²) >= 11 is 0. The number of hydrogen-bond donors (Lipinski definition) is 1. The van der Waals surface area contributed by atoms with E-state index in [9.17, 15) is 4.79 Å². The number of amides is 1. The lowest BCUT2D eigenvalue weighted by atomic mass is 9.93. The maximum Gasteiger partial charge on any atom is 0.242 e. The molecule has 1 fully saturated rings. The Morgan fingerprint density at radius 2 is 2.00 bits per heavy atom. The van der Waals surface area contributed by atoms with Gasteiger partial charge in [-0.25, -0.2) is 0 Å². The number of benzene rings is 1. The summed E-state index contributed by atoms with van der Waals surface area (Å²) < 4.78 is 0. The van der Waals surface area contributed by atoms with E-state index in [2.05, 4.69) is 38.1 Å². The summed E-state index contributed by atoms with van der Waals surface area (Å²) in [7, 11) is 0. The van der Waals surface area contributed by atoms with Gasteiger partial charge in [0.1, 0.15) is 0 Å². The molecule has 0 aliphatic carbocycles. The van der Waals surface area contributed by atoms with Crippen LogP contribution in [0.2, 0.25) is 0 Å². The zero-order valence-corrected chi connectivity index (χ0v) is 12.3. The minimum atomic E-state index is -0.783. The highest BCUT2D eigenvalue weighted by molar-refractivity contribution is 5.85. The van der Waals surface area contributed by atoms with Gasteiger partial charge in [-0.15, -0.1) is 0 Å². The van der Waals surface area contributed by atoms with Crippen LogP contribution in [0.1, 0.15) is 44.2 Å². The molecule has 1 amide bonds. The largest absolute Gasteiger partial charge is 0.338 e. The Hall–Kier alpha value is -1.35. The number of aryl methyl sites for hydroxylation is 1. The van der Waals surface area contributed by atoms with Crippen molar-refractivity contribution in [2.24, 2.45) is 5.73 Å². The number of likely N-dealkylation sites (tertiary alicyclic amines) is 1. The topological polar surface area (TPSA) is 46.3 Å². The minimum absolute atomic E-state index is 0.0519. The van der Waals surface area contributed by atoms with Crippen LogP contribution < -0.4 is 5.73 Å². The summed E-state index contributed by atoms with van der Waals surface area (Å²) in [6.45, 7) is 8.59. The highest BCUT2D eigenvalue weighted by atomic mass is 16.2. The van der Waals surface area contributed by atoms with E-state index in [4.69, 9.17) is 5.73 Å². The molecule has 3 nitrogen and oxygen atoms in total. The summed E-state index contributed by atoms with van der Waals surface area (Å²) in [6, 6.07) is 8.71. The summed E-state index contributed by atoms with van der Waals surface area (Å²) in [5, 5.41) is 0. The van der Waals surface area contributed by atoms with Gasteiger partial charge in [-0.3, -0.25) is 4.79 Å². The van der Waals surface area contributed by atoms with Crippen molar-refractivity contribution in [3.05, 3.63) is 35.4 Å². The maximum absolute atomic E-state index is 12.3. The fourth-order valence-electron chi connectivity index (χ4n) is 2.95. The lowest BCUT2D eigenvalue weighted by Crippen LogP contribution is -2.52. The van der Waals surface area contributed by atoms with E-state index in [0.29, 0.717) is 5.92 Å². The van der Waals surface area contributed by atoms with Gasteiger partial charge in [0.15, 0.2) is 0 Å². The number of hydrogen-bond acceptors (Lipinski definition) is 2. The summed E-state index contributed by atoms with van der Waals surface area (Å²) in [5.41, 5.74) is 7.83. The van der Waals surface area contributed by atoms with Gasteiger partial charge in [-0.05, 0) is 45.2 Å². The second kappa shape index (κ2) is 4.97. The van der Waals surface area contributed by atoms with E-state index in [1.807, 2.05) is 4.90 Å². The van der Waals surface area contributed by atoms with E-state index in [-0.39, 0.29) is 11.9 Å². The van der Waals surface area contributed by atoms with Gasteiger partial charge >= 0.3 is 0 Å². The Bertz CT molecular complexity index is 476. The predicted molar refractivity (Wildman–Crippen MR) is 78.0 cm³/mol. The molecule has 3 heteroatoms. The van der Waals surface area contributed by atoms with Gasteiger partial charge in [-0.2, -0.15) is 0 Å². The third kappa shape index (κ3) is 2.81. The van der Waals surface area contributed by atoms with E-state index >= 15 is 0 Å². The Morgan fingerprint density at radius 3 is 2.58 bits per heavy atom. The number of carbonyl (C=O) groups excluding carboxylic acids is 1. The maximum atomic E-state index is 12.3. The molecule has 1 heterocycles. The quantitative estimate of drug-likeness (QED) is 0.887. The minimum Gasteiger partial charge on any atom is -0.338 e. The van der Waals surface area contributed by atoms with Crippen LogP contribution in [-0.4, -0.2) is 28.9 Å². The van der Waals surface area contributed by atoms with Crippen molar-refractivity contribution in [2.75, 3.05) is 6.54 Å². The van der Waals surface area contributed by atoms with E-state index in [1.54, 1.807) is 13.8 Å². The summed E-state index contributed by atoms with van der Waals surface area (Å²) in [4.78, 5) is 14.3. The molecule has 0 aromatic heterocycles. The number of carbonyl (C=O) groups is 1. The first-order chi connectivity index (χ1) is 8.80. The van der Waals surface area contributed by atoms with Crippen LogP contribution in [0.4, 0.5) is 0 Å². The van der Waals surface area contributed by atoms with Crippen LogP contribution in [0.3, 0.4) is 0 Å². The van der Waals surface area contributed by atoms with Crippen molar-refractivity contribution < 1.29 is 4.79 Å². The second-order valence-corrected chi connectivity index (χ2v) is 6.32. The fraction of sp³-hybridized carbons (Fsp3) is 0.562. The summed E-state index contributed by atoms with van der Waals surface area (Å²) in [6.07, 6.45) is 1.02. The molecule has 2 atom stereocenters. The molecular formula is C16H24N2O. The third-order valence-electron chi connectivity index (χ3n) is 4.02. The molecule has 0 spiro atoms. The van der Waals surface area contributed by atoms with E-state index in [0.717, 1.165) is 13.0 Å². The van der Waals surface area contributed by atoms with Crippen molar-refractivity contribution >= 4 is 5.91 Å². The van der Waals surface area contributed by atoms with Gasteiger partial charge in [0.2, 0.25) is 5.91 Å². The van der Waals surface area contributed by atoms with Gasteiger partial charge in [0.05, 0.1) is 5.54 Å². The third-order valence-corrected chi connectivity index (χ3v) is 4.02. The SMILES string of the molecule is Cc1ccccc1[C@H]1C[C@H](C)N(C(=O)C(C)(C)N)C1. The monoisotopic (exact) mass is 260 g/mol. The Morgan fingerprint density at radius 1 is 1.37 bits per heavy atom. The average Bonchev–Trinajstić information content (AvgIpc) is 2.69. The van der Waals surface area contributed by atoms with Crippen LogP contribution in [0.5, 0.6) is 0 Å². The second-order valence-electron chi connectivity index (χ2n) is 6.32. The Labute approximate surface area is 115 Å². The smallest absolute Gasteiger partial charge is 0.242 e. The lowest BCUT2D eigenvalue weighted by molar-refractivity contribution is -0.136. The first kappa shape index (κ1) is 14.1. The van der Waals surface area contributed by atoms with Crippen molar-refractivity contribution in [1.29, 1.82) is 0 Å². The summed E-state index contributed by atoms with van der Waals surface area (Å²) in [5.74, 6) is 0.485. The van der Waals surface area contributed by atoms with Crippen LogP contribution in [-0.2, 0) is 4.79 Å². The van der Waals surface area contributed by atoms with Crippen LogP contribution in [0.15, 0.2) is 24.3 Å². The molecule has 1 aromatic carbocycles. The highest BCUT2D eigenvalue weighted by Gasteiger charge is 2.38. The molecule has 0 bridgehead atoms. The van der Waals surface area contributed by atoms with Crippen molar-refractivity contribution in [3.8, 4) is 0 Å². The number of nitrogens with zero attached hydrogens (tertiary/aromatic N) is 1. The lowest BCUT2D eigenvalue weighted by Gasteiger charge is -2.29. The molecular weight excluding hydrogens is 236 g/mol. The number of rotatable bonds is 2. The Kier molecular flexibility index (Phi) is 3.68. The van der Waals surface area contributed by atoms with Gasteiger partial charge in [0, 0.05) is 18.5 Å². The Balaban J connectivity index is 2.19. The molecule has 19 heavy (non-hydrogen) atoms. The molecule has 2 N–H and O–H groups in total. The van der Waals surface area contributed by atoms with Gasteiger partial charge in [-0.1, -0.05) is 24.3 Å². The number of nitrogens with two attached hydrogens (primary N) is 1. The predicted octanol–water partition coefficient (Wildman–Crippen LogP) is 2.44. The van der Waals surface area contributed by atoms with E-state index < -0.39 is 5.54 Å². The fourth-order valence-corrected chi connectivity index (χ4v) is 2.95. The normalized spacial score (nSPS) is 23.7. The van der Waals surface area contributed by atoms with Crippen molar-refractivity contribution in [2.45, 2.75) is 51.6 Å². The highest BCUT2D eigenvalue weighted by Crippen LogP contribution is 2.34. The zero-order chi connectivity index (χ0) is 14.2. The van der Waals surface area contributed by atoms with E-state index in [1.165, 1.54) is 11.1 Å². The first-order valence-electron chi connectivity index (χ1n) is 6.96. The van der Waals surface area contributed by atoms with Crippen LogP contribution in [0.25, 0.3) is 0 Å². The van der Waals surface area contributed by atoms with Gasteiger partial charge in [0.25, 0.3) is 0 Å². The molecule has 104 valence electrons. The zero-order valence-electron chi connectivity index (χ0n) is 12.3. The van der Waals surface area contributed by atoms with Crippen LogP contribution >= 0.6 is 0 Å². The molecule has 1 saturated heterocycles. The van der Waals surface area contributed by atoms with Crippen molar-refractivity contribution in [1.82, 2.24) is 4.90 Å². The molecule has 0 unspecified atom stereocenters. The standard InChI is InChI=1S/C16H24N2O/c1-11-7-5-6-8-14(11)13-9-12(2)18(10-13)15(19)16(3,4)17/h5-8,12-13H,9-10,17H2,1-4H3/t12-,13-/m0/s1. The molecule has 0 radical (unpaired) electrons. The molecule has 1 aliphatic rings. The van der Waals surface area contributed by atoms with Gasteiger partial charge < -0.3 is 10.6 Å². The molecule has 2 rings (SSSR count). The average molecular weight is 260 g/mol. The molecule has 0 saturated carbocycles.